The van der Waals surface area contributed by atoms with E-state index >= 15 is 0 Å². The fourth-order valence-electron chi connectivity index (χ4n) is 1.79. The molecule has 4 nitrogen and oxygen atoms in total. The second-order valence-corrected chi connectivity index (χ2v) is 4.93. The van der Waals surface area contributed by atoms with Gasteiger partial charge in [-0.3, -0.25) is 0 Å². The van der Waals surface area contributed by atoms with Gasteiger partial charge in [0.25, 0.3) is 0 Å². The molecule has 0 aromatic heterocycles. The number of nitrogens with two attached hydrogens (primary N) is 1. The third kappa shape index (κ3) is 5.26. The molecule has 0 aliphatic rings. The average molecular weight is 303 g/mol. The van der Waals surface area contributed by atoms with E-state index in [4.69, 9.17) is 5.73 Å². The van der Waals surface area contributed by atoms with Crippen molar-refractivity contribution >= 4 is 11.7 Å². The van der Waals surface area contributed by atoms with Crippen molar-refractivity contribution in [1.82, 2.24) is 4.90 Å². The lowest BCUT2D eigenvalue weighted by atomic mass is 10.2. The van der Waals surface area contributed by atoms with E-state index in [2.05, 4.69) is 5.32 Å². The number of benzene rings is 1. The number of alkyl halides is 3. The number of anilines is 1. The largest absolute Gasteiger partial charge is 0.416 e. The van der Waals surface area contributed by atoms with Gasteiger partial charge in [-0.15, -0.1) is 0 Å². The van der Waals surface area contributed by atoms with Gasteiger partial charge in [0.05, 0.1) is 5.56 Å². The fourth-order valence-corrected chi connectivity index (χ4v) is 1.79. The number of halogens is 3. The van der Waals surface area contributed by atoms with E-state index in [-0.39, 0.29) is 12.1 Å². The number of carbonyl (C=O) groups is 1. The van der Waals surface area contributed by atoms with E-state index in [9.17, 15) is 18.0 Å². The monoisotopic (exact) mass is 303 g/mol. The molecule has 0 atom stereocenters. The van der Waals surface area contributed by atoms with Crippen LogP contribution in [0.2, 0.25) is 0 Å². The van der Waals surface area contributed by atoms with E-state index in [1.54, 1.807) is 4.90 Å². The number of rotatable bonds is 5. The molecule has 0 saturated heterocycles. The summed E-state index contributed by atoms with van der Waals surface area (Å²) in [7, 11) is 0. The quantitative estimate of drug-likeness (QED) is 0.877. The summed E-state index contributed by atoms with van der Waals surface area (Å²) in [6, 6.07) is 3.98. The molecule has 0 radical (unpaired) electrons. The second kappa shape index (κ2) is 7.31. The van der Waals surface area contributed by atoms with Crippen LogP contribution < -0.4 is 11.1 Å². The molecule has 0 unspecified atom stereocenters. The molecule has 0 aliphatic carbocycles. The van der Waals surface area contributed by atoms with Gasteiger partial charge in [0.15, 0.2) is 0 Å². The van der Waals surface area contributed by atoms with Crippen LogP contribution in [0.15, 0.2) is 24.3 Å². The van der Waals surface area contributed by atoms with Crippen molar-refractivity contribution in [2.24, 2.45) is 5.73 Å². The molecule has 0 aliphatic heterocycles. The molecule has 0 bridgehead atoms. The summed E-state index contributed by atoms with van der Waals surface area (Å²) in [6.45, 7) is 4.70. The van der Waals surface area contributed by atoms with Gasteiger partial charge in [-0.05, 0) is 51.1 Å². The number of hydrogen-bond acceptors (Lipinski definition) is 2. The first-order valence-corrected chi connectivity index (χ1v) is 6.70. The van der Waals surface area contributed by atoms with Crippen LogP contribution in [0.4, 0.5) is 23.7 Å². The number of urea groups is 1. The van der Waals surface area contributed by atoms with E-state index in [0.29, 0.717) is 25.2 Å². The molecule has 1 aromatic carbocycles. The Labute approximate surface area is 122 Å². The minimum absolute atomic E-state index is 0.0222. The summed E-state index contributed by atoms with van der Waals surface area (Å²) in [6.07, 6.45) is -3.72. The highest BCUT2D eigenvalue weighted by atomic mass is 19.4. The van der Waals surface area contributed by atoms with Crippen LogP contribution in [0, 0.1) is 0 Å². The third-order valence-corrected chi connectivity index (χ3v) is 2.95. The highest BCUT2D eigenvalue weighted by molar-refractivity contribution is 5.89. The van der Waals surface area contributed by atoms with Gasteiger partial charge < -0.3 is 16.0 Å². The van der Waals surface area contributed by atoms with E-state index in [1.165, 1.54) is 12.1 Å². The van der Waals surface area contributed by atoms with Gasteiger partial charge in [-0.25, -0.2) is 4.79 Å². The lowest BCUT2D eigenvalue weighted by Crippen LogP contribution is -2.41. The lowest BCUT2D eigenvalue weighted by molar-refractivity contribution is -0.137. The molecular weight excluding hydrogens is 283 g/mol. The Bertz CT molecular complexity index is 458. The molecule has 0 fully saturated rings. The maximum atomic E-state index is 12.4. The third-order valence-electron chi connectivity index (χ3n) is 2.95. The van der Waals surface area contributed by atoms with Gasteiger partial charge in [0.2, 0.25) is 0 Å². The lowest BCUT2D eigenvalue weighted by Gasteiger charge is -2.26. The molecule has 7 heteroatoms. The topological polar surface area (TPSA) is 58.4 Å². The van der Waals surface area contributed by atoms with E-state index in [1.807, 2.05) is 13.8 Å². The van der Waals surface area contributed by atoms with Crippen molar-refractivity contribution in [3.8, 4) is 0 Å². The average Bonchev–Trinajstić information content (AvgIpc) is 2.38. The molecule has 1 rings (SSSR count). The molecule has 118 valence electrons. The number of nitrogens with one attached hydrogen (secondary N) is 1. The predicted molar refractivity (Wildman–Crippen MR) is 76.0 cm³/mol. The van der Waals surface area contributed by atoms with Crippen molar-refractivity contribution in [1.29, 1.82) is 0 Å². The Morgan fingerprint density at radius 2 is 1.86 bits per heavy atom. The van der Waals surface area contributed by atoms with Crippen LogP contribution in [0.25, 0.3) is 0 Å². The van der Waals surface area contributed by atoms with Crippen LogP contribution in [0.1, 0.15) is 25.8 Å². The van der Waals surface area contributed by atoms with Crippen molar-refractivity contribution in [3.05, 3.63) is 29.8 Å². The molecule has 0 saturated carbocycles. The van der Waals surface area contributed by atoms with Crippen LogP contribution in [-0.2, 0) is 6.18 Å². The summed E-state index contributed by atoms with van der Waals surface area (Å²) >= 11 is 0. The first-order valence-electron chi connectivity index (χ1n) is 6.70. The minimum Gasteiger partial charge on any atom is -0.330 e. The normalized spacial score (nSPS) is 11.6. The van der Waals surface area contributed by atoms with Gasteiger partial charge in [0, 0.05) is 18.3 Å². The fraction of sp³-hybridized carbons (Fsp3) is 0.500. The highest BCUT2D eigenvalue weighted by Crippen LogP contribution is 2.29. The number of carbonyl (C=O) groups excluding carboxylic acids is 1. The van der Waals surface area contributed by atoms with Crippen LogP contribution in [0.3, 0.4) is 0 Å². The second-order valence-electron chi connectivity index (χ2n) is 4.93. The zero-order valence-electron chi connectivity index (χ0n) is 12.1. The van der Waals surface area contributed by atoms with Crippen molar-refractivity contribution in [2.45, 2.75) is 32.5 Å². The summed E-state index contributed by atoms with van der Waals surface area (Å²) in [5.41, 5.74) is 5.00. The Morgan fingerprint density at radius 3 is 2.29 bits per heavy atom. The summed E-state index contributed by atoms with van der Waals surface area (Å²) in [5, 5.41) is 2.59. The van der Waals surface area contributed by atoms with Crippen molar-refractivity contribution in [2.75, 3.05) is 18.4 Å². The predicted octanol–water partition coefficient (Wildman–Crippen LogP) is 3.30. The SMILES string of the molecule is CC(C)N(CCCN)C(=O)Nc1ccc(C(F)(F)F)cc1. The van der Waals surface area contributed by atoms with Gasteiger partial charge in [-0.2, -0.15) is 13.2 Å². The van der Waals surface area contributed by atoms with Crippen LogP contribution in [-0.4, -0.2) is 30.1 Å². The van der Waals surface area contributed by atoms with Crippen LogP contribution >= 0.6 is 0 Å². The first-order chi connectivity index (χ1) is 9.75. The molecule has 2 amide bonds. The standard InChI is InChI=1S/C14H20F3N3O/c1-10(2)20(9-3-8-18)13(21)19-12-6-4-11(5-7-12)14(15,16)17/h4-7,10H,3,8-9,18H2,1-2H3,(H,19,21). The zero-order chi connectivity index (χ0) is 16.0. The summed E-state index contributed by atoms with van der Waals surface area (Å²) in [4.78, 5) is 13.7. The smallest absolute Gasteiger partial charge is 0.330 e. The summed E-state index contributed by atoms with van der Waals surface area (Å²) in [5.74, 6) is 0. The molecule has 3 N–H and O–H groups in total. The molecule has 0 heterocycles. The maximum absolute atomic E-state index is 12.4. The Morgan fingerprint density at radius 1 is 1.29 bits per heavy atom. The maximum Gasteiger partial charge on any atom is 0.416 e. The molecule has 1 aromatic rings. The van der Waals surface area contributed by atoms with Crippen molar-refractivity contribution in [3.63, 3.8) is 0 Å². The van der Waals surface area contributed by atoms with E-state index < -0.39 is 11.7 Å². The Hall–Kier alpha value is -1.76. The van der Waals surface area contributed by atoms with Gasteiger partial charge >= 0.3 is 12.2 Å². The molecule has 0 spiro atoms. The Balaban J connectivity index is 2.72. The zero-order valence-corrected chi connectivity index (χ0v) is 12.1. The number of hydrogen-bond donors (Lipinski definition) is 2. The van der Waals surface area contributed by atoms with Crippen molar-refractivity contribution < 1.29 is 18.0 Å². The van der Waals surface area contributed by atoms with E-state index in [0.717, 1.165) is 12.1 Å². The van der Waals surface area contributed by atoms with Crippen LogP contribution in [0.5, 0.6) is 0 Å². The first kappa shape index (κ1) is 17.3. The molecule has 21 heavy (non-hydrogen) atoms. The van der Waals surface area contributed by atoms with Gasteiger partial charge in [-0.1, -0.05) is 0 Å². The summed E-state index contributed by atoms with van der Waals surface area (Å²) < 4.78 is 37.3. The van der Waals surface area contributed by atoms with Gasteiger partial charge in [0.1, 0.15) is 0 Å². The molecular formula is C14H20F3N3O. The highest BCUT2D eigenvalue weighted by Gasteiger charge is 2.30. The number of nitrogens with zero attached hydrogens (tertiary/aromatic N) is 1. The number of amides is 2. The minimum atomic E-state index is -4.38. The Kier molecular flexibility index (Phi) is 6.02.